The molecule has 0 aliphatic heterocycles. The van der Waals surface area contributed by atoms with Gasteiger partial charge in [-0.1, -0.05) is 0 Å². The Bertz CT molecular complexity index is 735. The normalized spacial score (nSPS) is 13.7. The third-order valence-corrected chi connectivity index (χ3v) is 4.46. The van der Waals surface area contributed by atoms with Gasteiger partial charge in [-0.3, -0.25) is 0 Å². The van der Waals surface area contributed by atoms with Gasteiger partial charge in [0.15, 0.2) is 0 Å². The molecule has 0 atom stereocenters. The summed E-state index contributed by atoms with van der Waals surface area (Å²) in [6, 6.07) is 13.0. The molecule has 22 heavy (non-hydrogen) atoms. The van der Waals surface area contributed by atoms with Crippen LogP contribution in [0.3, 0.4) is 0 Å². The second-order valence-corrected chi connectivity index (χ2v) is 5.75. The van der Waals surface area contributed by atoms with Crippen LogP contribution in [0.15, 0.2) is 53.6 Å². The summed E-state index contributed by atoms with van der Waals surface area (Å²) in [7, 11) is 0. The van der Waals surface area contributed by atoms with Gasteiger partial charge >= 0.3 is 132 Å². The van der Waals surface area contributed by atoms with Gasteiger partial charge in [0, 0.05) is 0 Å². The zero-order valence-electron chi connectivity index (χ0n) is 12.6. The standard InChI is InChI=1S/C18H17O.2ClH.Ti/c1-12-7-9-15(13(12)2)17-10-8-14-5-3-4-6-16(14)18(17)11-19;;;/h3-8,10H,9,11H2,1-2H3;2*1H;/q-1;;;+3/p-2. The van der Waals surface area contributed by atoms with Crippen LogP contribution >= 0.6 is 0 Å². The summed E-state index contributed by atoms with van der Waals surface area (Å²) in [4.78, 5) is 0. The van der Waals surface area contributed by atoms with E-state index < -0.39 is 0 Å². The second-order valence-electron chi connectivity index (χ2n) is 5.30. The van der Waals surface area contributed by atoms with Crippen molar-refractivity contribution >= 4 is 16.3 Å². The Hall–Kier alpha value is -0.566. The maximum Gasteiger partial charge on any atom is -1.00 e. The van der Waals surface area contributed by atoms with Crippen molar-refractivity contribution in [1.82, 2.24) is 0 Å². The summed E-state index contributed by atoms with van der Waals surface area (Å²) in [5, 5.41) is 2.58. The summed E-state index contributed by atoms with van der Waals surface area (Å²) in [6.07, 6.45) is 3.35. The molecule has 0 radical (unpaired) electrons. The molecule has 1 aliphatic carbocycles. The van der Waals surface area contributed by atoms with Crippen molar-refractivity contribution in [3.8, 4) is 0 Å². The van der Waals surface area contributed by atoms with Gasteiger partial charge < -0.3 is 24.8 Å². The molecule has 1 nitrogen and oxygen atoms in total. The van der Waals surface area contributed by atoms with Crippen LogP contribution in [0.4, 0.5) is 0 Å². The van der Waals surface area contributed by atoms with E-state index in [0.717, 1.165) is 6.42 Å². The van der Waals surface area contributed by atoms with E-state index in [1.54, 1.807) is 20.8 Å². The first-order valence-electron chi connectivity index (χ1n) is 6.88. The predicted molar refractivity (Wildman–Crippen MR) is 79.7 cm³/mol. The molecule has 113 valence electrons. The average molecular weight is 368 g/mol. The van der Waals surface area contributed by atoms with Crippen molar-refractivity contribution in [1.29, 1.82) is 0 Å². The Morgan fingerprint density at radius 3 is 2.41 bits per heavy atom. The number of rotatable bonds is 3. The van der Waals surface area contributed by atoms with E-state index >= 15 is 0 Å². The zero-order valence-corrected chi connectivity index (χ0v) is 15.7. The van der Waals surface area contributed by atoms with E-state index in [0.29, 0.717) is 6.61 Å². The summed E-state index contributed by atoms with van der Waals surface area (Å²) in [5.41, 5.74) is 6.91. The number of hydrogen-bond donors (Lipinski definition) is 0. The van der Waals surface area contributed by atoms with Crippen molar-refractivity contribution in [2.45, 2.75) is 26.9 Å². The Kier molecular flexibility index (Phi) is 7.38. The quantitative estimate of drug-likeness (QED) is 0.629. The largest absolute Gasteiger partial charge is 1.00 e. The molecule has 0 fully saturated rings. The number of fused-ring (bicyclic) bond motifs is 1. The topological polar surface area (TPSA) is 9.23 Å². The van der Waals surface area contributed by atoms with E-state index in [9.17, 15) is 0 Å². The molecule has 0 bridgehead atoms. The molecule has 2 aromatic rings. The van der Waals surface area contributed by atoms with Gasteiger partial charge in [0.05, 0.1) is 0 Å². The van der Waals surface area contributed by atoms with Gasteiger partial charge in [-0.05, 0) is 0 Å². The summed E-state index contributed by atoms with van der Waals surface area (Å²) in [5.74, 6) is 0. The average Bonchev–Trinajstić information content (AvgIpc) is 2.80. The van der Waals surface area contributed by atoms with Crippen LogP contribution in [0, 0.1) is 0 Å². The Morgan fingerprint density at radius 2 is 1.77 bits per heavy atom. The maximum atomic E-state index is 5.46. The minimum atomic E-state index is 0. The molecule has 0 heterocycles. The van der Waals surface area contributed by atoms with E-state index in [1.807, 2.05) is 0 Å². The Morgan fingerprint density at radius 1 is 1.05 bits per heavy atom. The maximum absolute atomic E-state index is 5.46. The van der Waals surface area contributed by atoms with Gasteiger partial charge in [0.2, 0.25) is 0 Å². The van der Waals surface area contributed by atoms with Gasteiger partial charge in [-0.15, -0.1) is 0 Å². The van der Waals surface area contributed by atoms with Crippen molar-refractivity contribution in [2.75, 3.05) is 0 Å². The molecule has 0 unspecified atom stereocenters. The van der Waals surface area contributed by atoms with Crippen LogP contribution < -0.4 is 24.8 Å². The second kappa shape index (κ2) is 8.33. The van der Waals surface area contributed by atoms with Crippen molar-refractivity contribution in [3.05, 3.63) is 64.7 Å². The van der Waals surface area contributed by atoms with E-state index in [4.69, 9.17) is 3.32 Å². The van der Waals surface area contributed by atoms with Gasteiger partial charge in [0.1, 0.15) is 0 Å². The van der Waals surface area contributed by atoms with Crippen molar-refractivity contribution in [3.63, 3.8) is 0 Å². The van der Waals surface area contributed by atoms with E-state index in [-0.39, 0.29) is 24.8 Å². The molecule has 1 aliphatic rings. The van der Waals surface area contributed by atoms with Gasteiger partial charge in [0.25, 0.3) is 0 Å². The van der Waals surface area contributed by atoms with Gasteiger partial charge in [-0.2, -0.15) is 0 Å². The van der Waals surface area contributed by atoms with E-state index in [1.165, 1.54) is 38.6 Å². The van der Waals surface area contributed by atoms with Crippen LogP contribution in [-0.4, -0.2) is 0 Å². The molecule has 2 aromatic carbocycles. The van der Waals surface area contributed by atoms with Gasteiger partial charge in [-0.25, -0.2) is 0 Å². The minimum absolute atomic E-state index is 0. The smallest absolute Gasteiger partial charge is 1.00 e. The molecule has 0 aromatic heterocycles. The Labute approximate surface area is 156 Å². The number of benzene rings is 2. The summed E-state index contributed by atoms with van der Waals surface area (Å²) >= 11 is 1.77. The first kappa shape index (κ1) is 19.5. The molecule has 0 N–H and O–H groups in total. The van der Waals surface area contributed by atoms with Crippen LogP contribution in [0.25, 0.3) is 16.3 Å². The van der Waals surface area contributed by atoms with Crippen molar-refractivity contribution in [2.24, 2.45) is 0 Å². The SMILES string of the molecule is CC1=CCC(c2ccc3ccccc3c2C[O][Ti+2])=C1C.[Cl-].[Cl-]. The first-order chi connectivity index (χ1) is 9.72. The molecular weight excluding hydrogens is 351 g/mol. The monoisotopic (exact) mass is 367 g/mol. The fraction of sp³-hybridized carbons (Fsp3) is 0.222. The number of hydrogen-bond acceptors (Lipinski definition) is 1. The molecule has 3 rings (SSSR count). The van der Waals surface area contributed by atoms with Crippen LogP contribution in [-0.2, 0) is 30.7 Å². The fourth-order valence-corrected chi connectivity index (χ4v) is 3.18. The number of allylic oxidation sites excluding steroid dienone is 4. The molecule has 0 amide bonds. The molecular formula is C18H17Cl2OTi. The predicted octanol–water partition coefficient (Wildman–Crippen LogP) is -1.05. The summed E-state index contributed by atoms with van der Waals surface area (Å²) < 4.78 is 5.46. The zero-order chi connectivity index (χ0) is 14.1. The van der Waals surface area contributed by atoms with Crippen LogP contribution in [0.1, 0.15) is 31.4 Å². The summed E-state index contributed by atoms with van der Waals surface area (Å²) in [6.45, 7) is 5.08. The fourth-order valence-electron chi connectivity index (χ4n) is 2.96. The third kappa shape index (κ3) is 3.50. The molecule has 0 spiro atoms. The Balaban J connectivity index is 0.00000121. The van der Waals surface area contributed by atoms with E-state index in [2.05, 4.69) is 56.3 Å². The molecule has 0 saturated carbocycles. The van der Waals surface area contributed by atoms with Crippen molar-refractivity contribution < 1.29 is 49.0 Å². The molecule has 4 heteroatoms. The van der Waals surface area contributed by atoms with Crippen LogP contribution in [0.5, 0.6) is 0 Å². The molecule has 0 saturated heterocycles. The minimum Gasteiger partial charge on any atom is -1.00 e. The third-order valence-electron chi connectivity index (χ3n) is 4.24. The van der Waals surface area contributed by atoms with Crippen LogP contribution in [0.2, 0.25) is 0 Å². The number of halogens is 2. The first-order valence-corrected chi connectivity index (χ1v) is 7.52.